The molecule has 2 fully saturated rings. The van der Waals surface area contributed by atoms with Crippen LogP contribution in [0.2, 0.25) is 0 Å². The van der Waals surface area contributed by atoms with Gasteiger partial charge >= 0.3 is 11.7 Å². The van der Waals surface area contributed by atoms with Crippen LogP contribution in [0.25, 0.3) is 5.69 Å². The predicted octanol–water partition coefficient (Wildman–Crippen LogP) is -0.144. The molecule has 3 heterocycles. The number of likely N-dealkylation sites (tertiary alicyclic amines) is 1. The van der Waals surface area contributed by atoms with E-state index in [4.69, 9.17) is 17.2 Å². The molecule has 0 aliphatic carbocycles. The normalized spacial score (nSPS) is 19.0. The van der Waals surface area contributed by atoms with Gasteiger partial charge in [0.05, 0.1) is 17.3 Å². The van der Waals surface area contributed by atoms with Crippen molar-refractivity contribution >= 4 is 23.7 Å². The van der Waals surface area contributed by atoms with E-state index in [1.807, 2.05) is 12.1 Å². The molecule has 4 rings (SSSR count). The first-order chi connectivity index (χ1) is 19.4. The second-order valence-electron chi connectivity index (χ2n) is 11.4. The lowest BCUT2D eigenvalue weighted by molar-refractivity contribution is -0.137. The number of benzene rings is 1. The molecule has 1 aromatic carbocycles. The van der Waals surface area contributed by atoms with Gasteiger partial charge in [0.2, 0.25) is 11.8 Å². The van der Waals surface area contributed by atoms with Gasteiger partial charge in [-0.15, -0.1) is 0 Å². The van der Waals surface area contributed by atoms with Crippen LogP contribution in [0.3, 0.4) is 0 Å². The first-order valence-electron chi connectivity index (χ1n) is 14.1. The van der Waals surface area contributed by atoms with Crippen molar-refractivity contribution in [1.82, 2.24) is 24.3 Å². The lowest BCUT2D eigenvalue weighted by Crippen LogP contribution is -2.58. The quantitative estimate of drug-likeness (QED) is 0.371. The molecule has 1 unspecified atom stereocenters. The summed E-state index contributed by atoms with van der Waals surface area (Å²) < 4.78 is 1.37. The third-order valence-corrected chi connectivity index (χ3v) is 7.52. The number of piperazine rings is 1. The maximum absolute atomic E-state index is 12.8. The molecule has 2 saturated heterocycles. The first-order valence-corrected chi connectivity index (χ1v) is 14.1. The van der Waals surface area contributed by atoms with Crippen LogP contribution in [0.1, 0.15) is 38.7 Å². The second-order valence-corrected chi connectivity index (χ2v) is 11.4. The van der Waals surface area contributed by atoms with E-state index in [0.717, 1.165) is 24.8 Å². The lowest BCUT2D eigenvalue weighted by atomic mass is 10.0. The summed E-state index contributed by atoms with van der Waals surface area (Å²) in [5.41, 5.74) is 18.1. The van der Waals surface area contributed by atoms with E-state index < -0.39 is 23.3 Å². The lowest BCUT2D eigenvalue weighted by Gasteiger charge is -2.37. The Kier molecular flexibility index (Phi) is 9.41. The van der Waals surface area contributed by atoms with Gasteiger partial charge in [-0.1, -0.05) is 12.1 Å². The Morgan fingerprint density at radius 2 is 1.63 bits per heavy atom. The van der Waals surface area contributed by atoms with Crippen molar-refractivity contribution in [3.63, 3.8) is 0 Å². The highest BCUT2D eigenvalue weighted by molar-refractivity contribution is 5.89. The third kappa shape index (κ3) is 7.69. The minimum absolute atomic E-state index is 0.0730. The maximum Gasteiger partial charge on any atom is 0.354 e. The molecule has 13 nitrogen and oxygen atoms in total. The fourth-order valence-corrected chi connectivity index (χ4v) is 5.09. The van der Waals surface area contributed by atoms with E-state index in [0.29, 0.717) is 51.4 Å². The molecule has 0 saturated carbocycles. The second kappa shape index (κ2) is 12.8. The van der Waals surface area contributed by atoms with Crippen LogP contribution < -0.4 is 28.2 Å². The zero-order valence-electron chi connectivity index (χ0n) is 23.8. The van der Waals surface area contributed by atoms with Gasteiger partial charge in [0, 0.05) is 51.5 Å². The largest absolute Gasteiger partial charge is 0.354 e. The van der Waals surface area contributed by atoms with Gasteiger partial charge in [0.1, 0.15) is 5.82 Å². The summed E-state index contributed by atoms with van der Waals surface area (Å²) in [5.74, 6) is -0.102. The number of nitrogens with zero attached hydrogens (tertiary/aromatic N) is 5. The predicted molar refractivity (Wildman–Crippen MR) is 155 cm³/mol. The van der Waals surface area contributed by atoms with Crippen molar-refractivity contribution in [3.05, 3.63) is 52.6 Å². The standard InChI is InChI=1S/C28H41N9O4/c1-28(2,31)25(39)35-14-16-36(17-15-35)26(40)32-23-10-13-37(27(41)33-23)21-7-5-19(6-8-21)18-22(30)24(38)34-11-3-4-20(29)9-12-34/h5-8,10,13,20,22H,3-4,9,11-12,14-18,29-31H2,1-2H3,(H,32,33,40,41)/t20?,22-/m1/s1. The smallest absolute Gasteiger partial charge is 0.341 e. The van der Waals surface area contributed by atoms with E-state index in [1.165, 1.54) is 4.57 Å². The molecule has 2 aliphatic heterocycles. The SMILES string of the molecule is CC(C)(N)C(=O)N1CCN(C(=O)Nc2ccn(-c3ccc(C[C@@H](N)C(=O)N4CCCC(N)CC4)cc3)c(=O)n2)CC1. The highest BCUT2D eigenvalue weighted by atomic mass is 16.2. The molecule has 7 N–H and O–H groups in total. The van der Waals surface area contributed by atoms with E-state index in [1.54, 1.807) is 52.9 Å². The van der Waals surface area contributed by atoms with Crippen LogP contribution in [0.15, 0.2) is 41.3 Å². The number of nitrogens with one attached hydrogen (secondary N) is 1. The van der Waals surface area contributed by atoms with Crippen molar-refractivity contribution in [2.24, 2.45) is 17.2 Å². The van der Waals surface area contributed by atoms with Gasteiger partial charge < -0.3 is 31.9 Å². The summed E-state index contributed by atoms with van der Waals surface area (Å²) in [7, 11) is 0. The molecule has 0 bridgehead atoms. The zero-order chi connectivity index (χ0) is 29.7. The van der Waals surface area contributed by atoms with Crippen molar-refractivity contribution in [1.29, 1.82) is 0 Å². The number of aromatic nitrogens is 2. The minimum Gasteiger partial charge on any atom is -0.341 e. The summed E-state index contributed by atoms with van der Waals surface area (Å²) in [5, 5.41) is 2.66. The van der Waals surface area contributed by atoms with Gasteiger partial charge in [-0.2, -0.15) is 4.98 Å². The number of hydrogen-bond donors (Lipinski definition) is 4. The van der Waals surface area contributed by atoms with Crippen LogP contribution >= 0.6 is 0 Å². The van der Waals surface area contributed by atoms with Crippen molar-refractivity contribution in [3.8, 4) is 5.69 Å². The molecule has 0 spiro atoms. The van der Waals surface area contributed by atoms with E-state index in [-0.39, 0.29) is 23.7 Å². The molecule has 13 heteroatoms. The number of nitrogens with two attached hydrogens (primary N) is 3. The number of urea groups is 1. The highest BCUT2D eigenvalue weighted by Gasteiger charge is 2.31. The van der Waals surface area contributed by atoms with Crippen LogP contribution in [0, 0.1) is 0 Å². The summed E-state index contributed by atoms with van der Waals surface area (Å²) in [6.07, 6.45) is 4.50. The van der Waals surface area contributed by atoms with E-state index in [9.17, 15) is 19.2 Å². The molecule has 41 heavy (non-hydrogen) atoms. The topological polar surface area (TPSA) is 186 Å². The van der Waals surface area contributed by atoms with Gasteiger partial charge in [-0.25, -0.2) is 9.59 Å². The highest BCUT2D eigenvalue weighted by Crippen LogP contribution is 2.15. The Morgan fingerprint density at radius 1 is 0.976 bits per heavy atom. The molecular weight excluding hydrogens is 526 g/mol. The molecule has 2 atom stereocenters. The molecule has 4 amide bonds. The molecule has 1 aromatic heterocycles. The van der Waals surface area contributed by atoms with Gasteiger partial charge in [-0.3, -0.25) is 19.5 Å². The average Bonchev–Trinajstić information content (AvgIpc) is 3.16. The Morgan fingerprint density at radius 3 is 2.27 bits per heavy atom. The summed E-state index contributed by atoms with van der Waals surface area (Å²) in [4.78, 5) is 59.7. The Balaban J connectivity index is 1.31. The summed E-state index contributed by atoms with van der Waals surface area (Å²) in [6.45, 7) is 6.07. The Hall–Kier alpha value is -3.81. The molecule has 222 valence electrons. The summed E-state index contributed by atoms with van der Waals surface area (Å²) >= 11 is 0. The third-order valence-electron chi connectivity index (χ3n) is 7.52. The van der Waals surface area contributed by atoms with Crippen LogP contribution in [-0.2, 0) is 16.0 Å². The Labute approximate surface area is 239 Å². The van der Waals surface area contributed by atoms with Gasteiger partial charge in [0.15, 0.2) is 0 Å². The van der Waals surface area contributed by atoms with Crippen molar-refractivity contribution < 1.29 is 14.4 Å². The fourth-order valence-electron chi connectivity index (χ4n) is 5.09. The van der Waals surface area contributed by atoms with Crippen LogP contribution in [0.4, 0.5) is 10.6 Å². The number of carbonyl (C=O) groups is 3. The monoisotopic (exact) mass is 567 g/mol. The van der Waals surface area contributed by atoms with Crippen molar-refractivity contribution in [2.45, 2.75) is 57.2 Å². The first kappa shape index (κ1) is 30.2. The Bertz CT molecular complexity index is 1300. The van der Waals surface area contributed by atoms with Crippen LogP contribution in [-0.4, -0.2) is 99.0 Å². The molecule has 2 aliphatic rings. The maximum atomic E-state index is 12.8. The molecular formula is C28H41N9O4. The summed E-state index contributed by atoms with van der Waals surface area (Å²) in [6, 6.07) is 7.82. The molecule has 2 aromatic rings. The number of carbonyl (C=O) groups excluding carboxylic acids is 3. The number of rotatable bonds is 6. The molecule has 0 radical (unpaired) electrons. The average molecular weight is 568 g/mol. The fraction of sp³-hybridized carbons (Fsp3) is 0.536. The number of hydrogen-bond acceptors (Lipinski definition) is 8. The van der Waals surface area contributed by atoms with Crippen molar-refractivity contribution in [2.75, 3.05) is 44.6 Å². The van der Waals surface area contributed by atoms with E-state index in [2.05, 4.69) is 10.3 Å². The van der Waals surface area contributed by atoms with Gasteiger partial charge in [-0.05, 0) is 63.3 Å². The number of anilines is 1. The van der Waals surface area contributed by atoms with Crippen LogP contribution in [0.5, 0.6) is 0 Å². The minimum atomic E-state index is -0.966. The number of amides is 4. The van der Waals surface area contributed by atoms with E-state index >= 15 is 0 Å². The van der Waals surface area contributed by atoms with Gasteiger partial charge in [0.25, 0.3) is 0 Å². The zero-order valence-corrected chi connectivity index (χ0v) is 23.8.